The van der Waals surface area contributed by atoms with Gasteiger partial charge in [-0.25, -0.2) is 4.79 Å². The zero-order valence-electron chi connectivity index (χ0n) is 13.4. The van der Waals surface area contributed by atoms with Crippen LogP contribution in [0.2, 0.25) is 0 Å². The minimum atomic E-state index is -1.37. The molecule has 6 heteroatoms. The van der Waals surface area contributed by atoms with Crippen molar-refractivity contribution in [1.29, 1.82) is 0 Å². The summed E-state index contributed by atoms with van der Waals surface area (Å²) in [6, 6.07) is 0. The largest absolute Gasteiger partial charge is 0.462 e. The van der Waals surface area contributed by atoms with Crippen LogP contribution in [0, 0.1) is 17.8 Å². The Morgan fingerprint density at radius 3 is 2.70 bits per heavy atom. The van der Waals surface area contributed by atoms with Crippen molar-refractivity contribution in [3.05, 3.63) is 23.8 Å². The topological polar surface area (TPSA) is 89.9 Å². The molecule has 3 aliphatic rings. The van der Waals surface area contributed by atoms with Crippen LogP contribution in [0.3, 0.4) is 0 Å². The molecule has 23 heavy (non-hydrogen) atoms. The molecule has 0 amide bonds. The second kappa shape index (κ2) is 5.03. The molecular weight excluding hydrogens is 300 g/mol. The number of hydrogen-bond acceptors (Lipinski definition) is 6. The van der Waals surface area contributed by atoms with Crippen LogP contribution in [-0.2, 0) is 23.9 Å². The van der Waals surface area contributed by atoms with Gasteiger partial charge in [0.1, 0.15) is 12.2 Å². The molecule has 0 aromatic heterocycles. The minimum absolute atomic E-state index is 0.0530. The Kier molecular flexibility index (Phi) is 3.48. The Bertz CT molecular complexity index is 643. The molecule has 0 spiro atoms. The SMILES string of the molecule is C=C1C(=O)OC2C1C(OC(C)=O)CC(C)(O)C1C(=O)C=C(C)C21. The molecule has 0 aromatic rings. The van der Waals surface area contributed by atoms with Crippen molar-refractivity contribution in [1.82, 2.24) is 0 Å². The van der Waals surface area contributed by atoms with Crippen LogP contribution < -0.4 is 0 Å². The van der Waals surface area contributed by atoms with Gasteiger partial charge in [-0.3, -0.25) is 9.59 Å². The van der Waals surface area contributed by atoms with E-state index >= 15 is 0 Å². The number of fused-ring (bicyclic) bond motifs is 3. The molecule has 6 atom stereocenters. The third-order valence-electron chi connectivity index (χ3n) is 5.18. The number of aliphatic hydroxyl groups is 1. The zero-order valence-corrected chi connectivity index (χ0v) is 13.4. The van der Waals surface area contributed by atoms with Crippen LogP contribution in [0.5, 0.6) is 0 Å². The van der Waals surface area contributed by atoms with Crippen LogP contribution >= 0.6 is 0 Å². The van der Waals surface area contributed by atoms with E-state index in [1.54, 1.807) is 13.8 Å². The van der Waals surface area contributed by atoms with Gasteiger partial charge in [0.05, 0.1) is 17.4 Å². The molecule has 0 aromatic carbocycles. The van der Waals surface area contributed by atoms with Gasteiger partial charge in [0, 0.05) is 24.8 Å². The highest BCUT2D eigenvalue weighted by Crippen LogP contribution is 2.51. The van der Waals surface area contributed by atoms with Crippen molar-refractivity contribution in [3.8, 4) is 0 Å². The summed E-state index contributed by atoms with van der Waals surface area (Å²) in [4.78, 5) is 35.8. The van der Waals surface area contributed by atoms with Gasteiger partial charge < -0.3 is 14.6 Å². The number of carbonyl (C=O) groups is 3. The molecule has 0 bridgehead atoms. The van der Waals surface area contributed by atoms with Gasteiger partial charge >= 0.3 is 11.9 Å². The lowest BCUT2D eigenvalue weighted by Crippen LogP contribution is -2.43. The lowest BCUT2D eigenvalue weighted by Gasteiger charge is -2.33. The molecule has 3 rings (SSSR count). The van der Waals surface area contributed by atoms with Crippen LogP contribution in [0.1, 0.15) is 27.2 Å². The van der Waals surface area contributed by atoms with Crippen LogP contribution in [-0.4, -0.2) is 40.6 Å². The molecule has 1 saturated carbocycles. The van der Waals surface area contributed by atoms with Gasteiger partial charge in [0.25, 0.3) is 0 Å². The molecule has 1 saturated heterocycles. The lowest BCUT2D eigenvalue weighted by atomic mass is 9.76. The van der Waals surface area contributed by atoms with Crippen LogP contribution in [0.15, 0.2) is 23.8 Å². The summed E-state index contributed by atoms with van der Waals surface area (Å²) in [6.45, 7) is 8.40. The number of hydrogen-bond donors (Lipinski definition) is 1. The molecule has 1 heterocycles. The smallest absolute Gasteiger partial charge is 0.334 e. The van der Waals surface area contributed by atoms with Gasteiger partial charge in [0.2, 0.25) is 0 Å². The third-order valence-corrected chi connectivity index (χ3v) is 5.18. The second-order valence-corrected chi connectivity index (χ2v) is 6.92. The Balaban J connectivity index is 2.10. The quantitative estimate of drug-likeness (QED) is 0.571. The number of allylic oxidation sites excluding steroid dienone is 1. The van der Waals surface area contributed by atoms with E-state index in [1.807, 2.05) is 0 Å². The normalized spacial score (nSPS) is 42.5. The summed E-state index contributed by atoms with van der Waals surface area (Å²) in [5, 5.41) is 10.9. The molecule has 2 fully saturated rings. The van der Waals surface area contributed by atoms with E-state index in [0.717, 1.165) is 5.57 Å². The van der Waals surface area contributed by atoms with Crippen LogP contribution in [0.25, 0.3) is 0 Å². The maximum Gasteiger partial charge on any atom is 0.334 e. The summed E-state index contributed by atoms with van der Waals surface area (Å²) in [5.41, 5.74) is -0.376. The summed E-state index contributed by atoms with van der Waals surface area (Å²) in [5.74, 6) is -2.93. The van der Waals surface area contributed by atoms with E-state index in [1.165, 1.54) is 13.0 Å². The van der Waals surface area contributed by atoms with Crippen molar-refractivity contribution in [2.45, 2.75) is 45.0 Å². The highest BCUT2D eigenvalue weighted by Gasteiger charge is 2.60. The molecule has 6 nitrogen and oxygen atoms in total. The molecule has 0 radical (unpaired) electrons. The van der Waals surface area contributed by atoms with Crippen molar-refractivity contribution in [2.24, 2.45) is 17.8 Å². The van der Waals surface area contributed by atoms with Gasteiger partial charge in [0.15, 0.2) is 5.78 Å². The van der Waals surface area contributed by atoms with E-state index in [4.69, 9.17) is 9.47 Å². The molecule has 124 valence electrons. The van der Waals surface area contributed by atoms with E-state index < -0.39 is 47.5 Å². The first kappa shape index (κ1) is 15.9. The monoisotopic (exact) mass is 320 g/mol. The minimum Gasteiger partial charge on any atom is -0.462 e. The molecule has 1 N–H and O–H groups in total. The van der Waals surface area contributed by atoms with Gasteiger partial charge in [-0.2, -0.15) is 0 Å². The van der Waals surface area contributed by atoms with Gasteiger partial charge in [-0.15, -0.1) is 0 Å². The van der Waals surface area contributed by atoms with Crippen molar-refractivity contribution in [3.63, 3.8) is 0 Å². The Labute approximate surface area is 134 Å². The predicted octanol–water partition coefficient (Wildman–Crippen LogP) is 0.932. The van der Waals surface area contributed by atoms with Gasteiger partial charge in [-0.1, -0.05) is 12.2 Å². The summed E-state index contributed by atoms with van der Waals surface area (Å²) < 4.78 is 10.8. The van der Waals surface area contributed by atoms with E-state index in [-0.39, 0.29) is 17.8 Å². The van der Waals surface area contributed by atoms with Crippen molar-refractivity contribution >= 4 is 17.7 Å². The molecule has 1 aliphatic heterocycles. The van der Waals surface area contributed by atoms with Crippen molar-refractivity contribution < 1.29 is 29.0 Å². The first-order valence-electron chi connectivity index (χ1n) is 7.65. The average molecular weight is 320 g/mol. The lowest BCUT2D eigenvalue weighted by molar-refractivity contribution is -0.152. The standard InChI is InChI=1S/C17H20O6/c1-7-5-10(19)14-12(7)15-13(8(2)16(20)23-15)11(22-9(3)18)6-17(14,4)21/h5,11-15,21H,2,6H2,1,3-4H3. The summed E-state index contributed by atoms with van der Waals surface area (Å²) >= 11 is 0. The molecule has 2 aliphatic carbocycles. The zero-order chi connectivity index (χ0) is 17.1. The number of ketones is 1. The van der Waals surface area contributed by atoms with Crippen LogP contribution in [0.4, 0.5) is 0 Å². The van der Waals surface area contributed by atoms with E-state index in [0.29, 0.717) is 0 Å². The highest BCUT2D eigenvalue weighted by molar-refractivity contribution is 5.97. The number of ether oxygens (including phenoxy) is 2. The first-order valence-corrected chi connectivity index (χ1v) is 7.65. The van der Waals surface area contributed by atoms with Crippen molar-refractivity contribution in [2.75, 3.05) is 0 Å². The fourth-order valence-corrected chi connectivity index (χ4v) is 4.32. The van der Waals surface area contributed by atoms with E-state index in [2.05, 4.69) is 6.58 Å². The Morgan fingerprint density at radius 2 is 2.09 bits per heavy atom. The average Bonchev–Trinajstić information content (AvgIpc) is 2.82. The Morgan fingerprint density at radius 1 is 1.43 bits per heavy atom. The summed E-state index contributed by atoms with van der Waals surface area (Å²) in [6.07, 6.45) is 0.151. The van der Waals surface area contributed by atoms with E-state index in [9.17, 15) is 19.5 Å². The third kappa shape index (κ3) is 2.32. The maximum absolute atomic E-state index is 12.4. The molecular formula is C17H20O6. The summed E-state index contributed by atoms with van der Waals surface area (Å²) in [7, 11) is 0. The second-order valence-electron chi connectivity index (χ2n) is 6.92. The first-order chi connectivity index (χ1) is 10.6. The fourth-order valence-electron chi connectivity index (χ4n) is 4.32. The highest BCUT2D eigenvalue weighted by atomic mass is 16.6. The number of carbonyl (C=O) groups excluding carboxylic acids is 3. The fraction of sp³-hybridized carbons (Fsp3) is 0.588. The van der Waals surface area contributed by atoms with Gasteiger partial charge in [-0.05, 0) is 19.9 Å². The predicted molar refractivity (Wildman–Crippen MR) is 79.0 cm³/mol. The molecule has 6 unspecified atom stereocenters. The maximum atomic E-state index is 12.4. The number of rotatable bonds is 1. The Hall–Kier alpha value is -1.95. The number of esters is 2.